The predicted octanol–water partition coefficient (Wildman–Crippen LogP) is 1.62. The Labute approximate surface area is 130 Å². The third kappa shape index (κ3) is 2.81. The topological polar surface area (TPSA) is 107 Å². The van der Waals surface area contributed by atoms with Crippen LogP contribution in [0.2, 0.25) is 5.02 Å². The summed E-state index contributed by atoms with van der Waals surface area (Å²) in [5.74, 6) is 0.254. The van der Waals surface area contributed by atoms with E-state index in [0.29, 0.717) is 21.6 Å². The van der Waals surface area contributed by atoms with Crippen molar-refractivity contribution in [2.24, 2.45) is 0 Å². The summed E-state index contributed by atoms with van der Waals surface area (Å²) in [6.07, 6.45) is 1.41. The molecule has 1 atom stereocenters. The Balaban J connectivity index is 1.82. The maximum atomic E-state index is 11.8. The molecule has 0 aliphatic heterocycles. The van der Waals surface area contributed by atoms with Crippen molar-refractivity contribution in [2.45, 2.75) is 12.5 Å². The van der Waals surface area contributed by atoms with E-state index in [0.717, 1.165) is 0 Å². The van der Waals surface area contributed by atoms with Gasteiger partial charge in [0.05, 0.1) is 12.7 Å². The van der Waals surface area contributed by atoms with Crippen LogP contribution in [0.25, 0.3) is 11.0 Å². The fourth-order valence-electron chi connectivity index (χ4n) is 2.11. The number of aliphatic hydroxyl groups is 1. The average molecular weight is 320 g/mol. The highest BCUT2D eigenvalue weighted by molar-refractivity contribution is 6.30. The highest BCUT2D eigenvalue weighted by Crippen LogP contribution is 2.23. The van der Waals surface area contributed by atoms with Crippen molar-refractivity contribution < 1.29 is 5.11 Å². The molecule has 8 heteroatoms. The lowest BCUT2D eigenvalue weighted by atomic mass is 9.96. The maximum Gasteiger partial charge on any atom is 0.263 e. The van der Waals surface area contributed by atoms with Gasteiger partial charge >= 0.3 is 0 Å². The van der Waals surface area contributed by atoms with Crippen molar-refractivity contribution in [1.29, 1.82) is 0 Å². The van der Waals surface area contributed by atoms with E-state index in [1.54, 1.807) is 31.2 Å². The summed E-state index contributed by atoms with van der Waals surface area (Å²) in [7, 11) is 0. The second-order valence-corrected chi connectivity index (χ2v) is 5.62. The van der Waals surface area contributed by atoms with E-state index in [2.05, 4.69) is 25.5 Å². The lowest BCUT2D eigenvalue weighted by molar-refractivity contribution is 0.0713. The molecule has 22 heavy (non-hydrogen) atoms. The molecule has 2 aromatic heterocycles. The number of benzene rings is 1. The van der Waals surface area contributed by atoms with Crippen LogP contribution < -0.4 is 10.9 Å². The lowest BCUT2D eigenvalue weighted by Crippen LogP contribution is -2.31. The Bertz CT molecular complexity index is 871. The first-order valence-corrected chi connectivity index (χ1v) is 6.99. The van der Waals surface area contributed by atoms with Crippen molar-refractivity contribution in [3.8, 4) is 0 Å². The highest BCUT2D eigenvalue weighted by atomic mass is 35.5. The third-order valence-corrected chi connectivity index (χ3v) is 3.60. The highest BCUT2D eigenvalue weighted by Gasteiger charge is 2.23. The molecule has 0 saturated carbocycles. The maximum absolute atomic E-state index is 11.8. The fraction of sp³-hybridized carbons (Fsp3) is 0.214. The van der Waals surface area contributed by atoms with E-state index in [-0.39, 0.29) is 18.1 Å². The van der Waals surface area contributed by atoms with Gasteiger partial charge in [-0.05, 0) is 24.6 Å². The van der Waals surface area contributed by atoms with Gasteiger partial charge in [0.25, 0.3) is 5.56 Å². The molecular weight excluding hydrogens is 306 g/mol. The minimum absolute atomic E-state index is 0.149. The van der Waals surface area contributed by atoms with E-state index < -0.39 is 5.60 Å². The van der Waals surface area contributed by atoms with Gasteiger partial charge < -0.3 is 10.4 Å². The Morgan fingerprint density at radius 3 is 3.05 bits per heavy atom. The number of rotatable bonds is 4. The van der Waals surface area contributed by atoms with Crippen LogP contribution in [0.1, 0.15) is 12.5 Å². The molecule has 0 amide bonds. The standard InChI is InChI=1S/C14H14ClN5O2/c1-14(22,8-3-2-4-9(15)5-8)7-16-13-18-11-10(6-17-20-11)12(21)19-13/h2-6,22H,7H2,1H3,(H3,16,17,18,19,20,21). The van der Waals surface area contributed by atoms with Crippen molar-refractivity contribution in [3.05, 3.63) is 51.4 Å². The molecule has 0 aliphatic rings. The van der Waals surface area contributed by atoms with Gasteiger partial charge in [0, 0.05) is 5.02 Å². The molecule has 114 valence electrons. The van der Waals surface area contributed by atoms with Crippen LogP contribution in [0.4, 0.5) is 5.95 Å². The fourth-order valence-corrected chi connectivity index (χ4v) is 2.30. The van der Waals surface area contributed by atoms with Crippen molar-refractivity contribution >= 4 is 28.6 Å². The number of aromatic amines is 2. The van der Waals surface area contributed by atoms with Gasteiger partial charge in [-0.2, -0.15) is 10.1 Å². The van der Waals surface area contributed by atoms with E-state index >= 15 is 0 Å². The van der Waals surface area contributed by atoms with Crippen LogP contribution in [0.15, 0.2) is 35.3 Å². The summed E-state index contributed by atoms with van der Waals surface area (Å²) in [5.41, 5.74) is -0.429. The van der Waals surface area contributed by atoms with Gasteiger partial charge in [-0.15, -0.1) is 0 Å². The van der Waals surface area contributed by atoms with Crippen molar-refractivity contribution in [3.63, 3.8) is 0 Å². The van der Waals surface area contributed by atoms with Crippen LogP contribution >= 0.6 is 11.6 Å². The molecule has 0 spiro atoms. The van der Waals surface area contributed by atoms with E-state index in [1.807, 2.05) is 0 Å². The zero-order valence-electron chi connectivity index (χ0n) is 11.7. The first-order valence-electron chi connectivity index (χ1n) is 6.61. The first-order chi connectivity index (χ1) is 10.5. The monoisotopic (exact) mass is 319 g/mol. The summed E-state index contributed by atoms with van der Waals surface area (Å²) in [6, 6.07) is 6.97. The zero-order valence-corrected chi connectivity index (χ0v) is 12.5. The van der Waals surface area contributed by atoms with Crippen LogP contribution in [-0.2, 0) is 5.60 Å². The largest absolute Gasteiger partial charge is 0.384 e. The number of halogens is 1. The second kappa shape index (κ2) is 5.43. The molecule has 1 aromatic carbocycles. The SMILES string of the molecule is CC(O)(CNc1nc2[nH]ncc2c(=O)[nH]1)c1cccc(Cl)c1. The number of hydrogen-bond donors (Lipinski definition) is 4. The zero-order chi connectivity index (χ0) is 15.7. The Kier molecular flexibility index (Phi) is 3.59. The van der Waals surface area contributed by atoms with Gasteiger partial charge in [-0.1, -0.05) is 23.7 Å². The molecule has 7 nitrogen and oxygen atoms in total. The third-order valence-electron chi connectivity index (χ3n) is 3.37. The summed E-state index contributed by atoms with van der Waals surface area (Å²) < 4.78 is 0. The molecule has 1 unspecified atom stereocenters. The molecule has 0 radical (unpaired) electrons. The Morgan fingerprint density at radius 2 is 2.27 bits per heavy atom. The van der Waals surface area contributed by atoms with Crippen LogP contribution in [0, 0.1) is 0 Å². The van der Waals surface area contributed by atoms with E-state index in [9.17, 15) is 9.90 Å². The molecule has 0 saturated heterocycles. The normalized spacial score (nSPS) is 14.0. The van der Waals surface area contributed by atoms with Crippen LogP contribution in [0.5, 0.6) is 0 Å². The summed E-state index contributed by atoms with van der Waals surface area (Å²) in [4.78, 5) is 18.6. The first kappa shape index (κ1) is 14.6. The molecule has 0 aliphatic carbocycles. The Hall–Kier alpha value is -2.38. The number of nitrogens with zero attached hydrogens (tertiary/aromatic N) is 2. The predicted molar refractivity (Wildman–Crippen MR) is 84.0 cm³/mol. The average Bonchev–Trinajstić information content (AvgIpc) is 2.94. The molecule has 2 heterocycles. The number of anilines is 1. The number of fused-ring (bicyclic) bond motifs is 1. The van der Waals surface area contributed by atoms with Crippen molar-refractivity contribution in [1.82, 2.24) is 20.2 Å². The smallest absolute Gasteiger partial charge is 0.263 e. The summed E-state index contributed by atoms with van der Waals surface area (Å²) >= 11 is 5.94. The second-order valence-electron chi connectivity index (χ2n) is 5.18. The van der Waals surface area contributed by atoms with Crippen molar-refractivity contribution in [2.75, 3.05) is 11.9 Å². The van der Waals surface area contributed by atoms with Crippen LogP contribution in [-0.4, -0.2) is 31.8 Å². The lowest BCUT2D eigenvalue weighted by Gasteiger charge is -2.24. The number of hydrogen-bond acceptors (Lipinski definition) is 5. The van der Waals surface area contributed by atoms with Crippen LogP contribution in [0.3, 0.4) is 0 Å². The molecule has 0 fully saturated rings. The molecule has 3 aromatic rings. The quantitative estimate of drug-likeness (QED) is 0.584. The summed E-state index contributed by atoms with van der Waals surface area (Å²) in [5, 5.41) is 20.8. The molecular formula is C14H14ClN5O2. The molecule has 3 rings (SSSR count). The van der Waals surface area contributed by atoms with Gasteiger partial charge in [0.1, 0.15) is 11.0 Å². The number of nitrogens with one attached hydrogen (secondary N) is 3. The van der Waals surface area contributed by atoms with Gasteiger partial charge in [-0.25, -0.2) is 0 Å². The molecule has 0 bridgehead atoms. The summed E-state index contributed by atoms with van der Waals surface area (Å²) in [6.45, 7) is 1.80. The Morgan fingerprint density at radius 1 is 1.45 bits per heavy atom. The molecule has 4 N–H and O–H groups in total. The number of aromatic nitrogens is 4. The van der Waals surface area contributed by atoms with Gasteiger partial charge in [0.2, 0.25) is 5.95 Å². The van der Waals surface area contributed by atoms with Gasteiger partial charge in [0.15, 0.2) is 5.65 Å². The van der Waals surface area contributed by atoms with E-state index in [4.69, 9.17) is 11.6 Å². The van der Waals surface area contributed by atoms with E-state index in [1.165, 1.54) is 6.20 Å². The van der Waals surface area contributed by atoms with Gasteiger partial charge in [-0.3, -0.25) is 14.9 Å². The number of H-pyrrole nitrogens is 2. The minimum atomic E-state index is -1.17. The minimum Gasteiger partial charge on any atom is -0.384 e.